The highest BCUT2D eigenvalue weighted by molar-refractivity contribution is 5.86. The van der Waals surface area contributed by atoms with Crippen LogP contribution < -0.4 is 0 Å². The van der Waals surface area contributed by atoms with Crippen molar-refractivity contribution in [2.24, 2.45) is 5.41 Å². The molecule has 1 heterocycles. The number of amides is 1. The number of piperidine rings is 1. The summed E-state index contributed by atoms with van der Waals surface area (Å²) in [7, 11) is 0. The summed E-state index contributed by atoms with van der Waals surface area (Å²) < 4.78 is 26.7. The minimum Gasteiger partial charge on any atom is -0.480 e. The number of carboxylic acids is 1. The van der Waals surface area contributed by atoms with Gasteiger partial charge in [-0.1, -0.05) is 13.8 Å². The van der Waals surface area contributed by atoms with Gasteiger partial charge in [0.2, 0.25) is 5.91 Å². The Morgan fingerprint density at radius 1 is 1.33 bits per heavy atom. The predicted octanol–water partition coefficient (Wildman–Crippen LogP) is 2.74. The second-order valence-electron chi connectivity index (χ2n) is 5.97. The van der Waals surface area contributed by atoms with Crippen molar-refractivity contribution in [3.8, 4) is 0 Å². The van der Waals surface area contributed by atoms with E-state index >= 15 is 0 Å². The van der Waals surface area contributed by atoms with Crippen LogP contribution in [-0.2, 0) is 9.59 Å². The van der Waals surface area contributed by atoms with E-state index in [1.807, 2.05) is 0 Å². The van der Waals surface area contributed by atoms with Crippen molar-refractivity contribution >= 4 is 11.9 Å². The minimum atomic E-state index is -1.15. The zero-order valence-electron chi connectivity index (χ0n) is 11.9. The van der Waals surface area contributed by atoms with E-state index in [4.69, 9.17) is 5.11 Å². The van der Waals surface area contributed by atoms with Crippen molar-refractivity contribution in [3.63, 3.8) is 0 Å². The first-order chi connectivity index (χ1) is 9.70. The molecule has 6 heteroatoms. The fourth-order valence-electron chi connectivity index (χ4n) is 2.73. The Morgan fingerprint density at radius 3 is 2.43 bits per heavy atom. The maximum absolute atomic E-state index is 13.4. The molecule has 1 atom stereocenters. The molecule has 0 radical (unpaired) electrons. The molecule has 0 aliphatic carbocycles. The molecule has 21 heavy (non-hydrogen) atoms. The molecule has 0 aromatic heterocycles. The quantitative estimate of drug-likeness (QED) is 0.933. The topological polar surface area (TPSA) is 57.6 Å². The number of nitrogens with zero attached hydrogens (tertiary/aromatic N) is 1. The number of hydrogen-bond acceptors (Lipinski definition) is 2. The van der Waals surface area contributed by atoms with Crippen LogP contribution in [-0.4, -0.2) is 28.4 Å². The third-order valence-corrected chi connectivity index (χ3v) is 3.83. The van der Waals surface area contributed by atoms with Crippen LogP contribution in [0.25, 0.3) is 0 Å². The lowest BCUT2D eigenvalue weighted by Crippen LogP contribution is -2.49. The molecule has 4 nitrogen and oxygen atoms in total. The summed E-state index contributed by atoms with van der Waals surface area (Å²) in [4.78, 5) is 24.6. The average Bonchev–Trinajstić information content (AvgIpc) is 2.33. The fourth-order valence-corrected chi connectivity index (χ4v) is 2.73. The SMILES string of the molecule is CC1(C)CC[C@@H](c2cc(F)cc(F)c2)N(CC(=O)O)C1=O. The zero-order chi connectivity index (χ0) is 15.8. The third kappa shape index (κ3) is 3.20. The maximum Gasteiger partial charge on any atom is 0.323 e. The first-order valence-corrected chi connectivity index (χ1v) is 6.69. The molecule has 1 fully saturated rings. The van der Waals surface area contributed by atoms with Crippen LogP contribution in [0.5, 0.6) is 0 Å². The van der Waals surface area contributed by atoms with Gasteiger partial charge in [0.1, 0.15) is 18.2 Å². The van der Waals surface area contributed by atoms with Crippen molar-refractivity contribution < 1.29 is 23.5 Å². The van der Waals surface area contributed by atoms with Gasteiger partial charge in [0, 0.05) is 11.5 Å². The molecule has 1 amide bonds. The lowest BCUT2D eigenvalue weighted by atomic mass is 9.78. The summed E-state index contributed by atoms with van der Waals surface area (Å²) in [5, 5.41) is 8.99. The molecule has 1 aromatic rings. The monoisotopic (exact) mass is 297 g/mol. The zero-order valence-corrected chi connectivity index (χ0v) is 11.9. The van der Waals surface area contributed by atoms with Gasteiger partial charge in [-0.15, -0.1) is 0 Å². The Labute approximate surface area is 121 Å². The molecule has 114 valence electrons. The van der Waals surface area contributed by atoms with Crippen molar-refractivity contribution in [1.82, 2.24) is 4.90 Å². The third-order valence-electron chi connectivity index (χ3n) is 3.83. The van der Waals surface area contributed by atoms with Crippen molar-refractivity contribution in [2.45, 2.75) is 32.7 Å². The molecule has 1 saturated heterocycles. The van der Waals surface area contributed by atoms with Crippen molar-refractivity contribution in [1.29, 1.82) is 0 Å². The normalized spacial score (nSPS) is 21.4. The van der Waals surface area contributed by atoms with E-state index in [1.54, 1.807) is 13.8 Å². The Kier molecular flexibility index (Phi) is 3.98. The molecule has 0 bridgehead atoms. The summed E-state index contributed by atoms with van der Waals surface area (Å²) in [5.41, 5.74) is -0.379. The van der Waals surface area contributed by atoms with Gasteiger partial charge in [-0.2, -0.15) is 0 Å². The number of carbonyl (C=O) groups is 2. The largest absolute Gasteiger partial charge is 0.480 e. The van der Waals surface area contributed by atoms with Gasteiger partial charge in [0.25, 0.3) is 0 Å². The van der Waals surface area contributed by atoms with E-state index in [2.05, 4.69) is 0 Å². The number of benzene rings is 1. The lowest BCUT2D eigenvalue weighted by Gasteiger charge is -2.42. The van der Waals surface area contributed by atoms with Crippen LogP contribution in [0.2, 0.25) is 0 Å². The van der Waals surface area contributed by atoms with Gasteiger partial charge in [-0.25, -0.2) is 8.78 Å². The van der Waals surface area contributed by atoms with Gasteiger partial charge < -0.3 is 10.0 Å². The summed E-state index contributed by atoms with van der Waals surface area (Å²) in [6.07, 6.45) is 1.000. The van der Waals surface area contributed by atoms with Crippen molar-refractivity contribution in [2.75, 3.05) is 6.54 Å². The van der Waals surface area contributed by atoms with Gasteiger partial charge in [-0.3, -0.25) is 9.59 Å². The number of aliphatic carboxylic acids is 1. The summed E-state index contributed by atoms with van der Waals surface area (Å²) >= 11 is 0. The molecule has 1 aliphatic rings. The van der Waals surface area contributed by atoms with E-state index in [0.717, 1.165) is 18.2 Å². The Hall–Kier alpha value is -1.98. The smallest absolute Gasteiger partial charge is 0.323 e. The second-order valence-corrected chi connectivity index (χ2v) is 5.97. The maximum atomic E-state index is 13.4. The molecule has 2 rings (SSSR count). The fraction of sp³-hybridized carbons (Fsp3) is 0.467. The Balaban J connectivity index is 2.40. The molecule has 0 saturated carbocycles. The van der Waals surface area contributed by atoms with Crippen LogP contribution in [0.1, 0.15) is 38.3 Å². The first kappa shape index (κ1) is 15.4. The number of likely N-dealkylation sites (tertiary alicyclic amines) is 1. The molecule has 1 aromatic carbocycles. The van der Waals surface area contributed by atoms with Crippen LogP contribution in [0.4, 0.5) is 8.78 Å². The number of hydrogen-bond donors (Lipinski definition) is 1. The van der Waals surface area contributed by atoms with Crippen molar-refractivity contribution in [3.05, 3.63) is 35.4 Å². The number of carbonyl (C=O) groups excluding carboxylic acids is 1. The highest BCUT2D eigenvalue weighted by Crippen LogP contribution is 2.40. The molecule has 1 N–H and O–H groups in total. The number of halogens is 2. The summed E-state index contributed by atoms with van der Waals surface area (Å²) in [5.74, 6) is -2.94. The second kappa shape index (κ2) is 5.42. The van der Waals surface area contributed by atoms with Gasteiger partial charge in [0.15, 0.2) is 0 Å². The lowest BCUT2D eigenvalue weighted by molar-refractivity contribution is -0.155. The van der Waals surface area contributed by atoms with Gasteiger partial charge in [-0.05, 0) is 30.5 Å². The Bertz CT molecular complexity index is 566. The van der Waals surface area contributed by atoms with E-state index in [9.17, 15) is 18.4 Å². The molecule has 0 spiro atoms. The van der Waals surface area contributed by atoms with Crippen LogP contribution in [0, 0.1) is 17.0 Å². The first-order valence-electron chi connectivity index (χ1n) is 6.69. The van der Waals surface area contributed by atoms with Crippen LogP contribution in [0.3, 0.4) is 0 Å². The van der Waals surface area contributed by atoms with Gasteiger partial charge >= 0.3 is 5.97 Å². The van der Waals surface area contributed by atoms with E-state index in [1.165, 1.54) is 4.90 Å². The van der Waals surface area contributed by atoms with E-state index in [0.29, 0.717) is 12.8 Å². The van der Waals surface area contributed by atoms with Gasteiger partial charge in [0.05, 0.1) is 6.04 Å². The highest BCUT2D eigenvalue weighted by atomic mass is 19.1. The molecular weight excluding hydrogens is 280 g/mol. The average molecular weight is 297 g/mol. The van der Waals surface area contributed by atoms with E-state index in [-0.39, 0.29) is 11.5 Å². The summed E-state index contributed by atoms with van der Waals surface area (Å²) in [6, 6.07) is 2.42. The molecule has 0 unspecified atom stereocenters. The highest BCUT2D eigenvalue weighted by Gasteiger charge is 2.42. The standard InChI is InChI=1S/C15H17F2NO3/c1-15(2)4-3-12(18(14(15)21)8-13(19)20)9-5-10(16)7-11(17)6-9/h5-7,12H,3-4,8H2,1-2H3,(H,19,20)/t12-/m0/s1. The summed E-state index contributed by atoms with van der Waals surface area (Å²) in [6.45, 7) is 3.00. The van der Waals surface area contributed by atoms with E-state index < -0.39 is 35.6 Å². The predicted molar refractivity (Wildman–Crippen MR) is 71.5 cm³/mol. The number of carboxylic acid groups (broad SMARTS) is 1. The minimum absolute atomic E-state index is 0.289. The molecular formula is C15H17F2NO3. The van der Waals surface area contributed by atoms with Crippen LogP contribution in [0.15, 0.2) is 18.2 Å². The molecule has 1 aliphatic heterocycles. The van der Waals surface area contributed by atoms with Crippen LogP contribution >= 0.6 is 0 Å². The number of rotatable bonds is 3. The Morgan fingerprint density at radius 2 is 1.90 bits per heavy atom.